The average Bonchev–Trinajstić information content (AvgIpc) is 2.79. The smallest absolute Gasteiger partial charge is 0.137 e. The zero-order valence-electron chi connectivity index (χ0n) is 9.61. The molecule has 0 bridgehead atoms. The van der Waals surface area contributed by atoms with Gasteiger partial charge in [0.15, 0.2) is 0 Å². The summed E-state index contributed by atoms with van der Waals surface area (Å²) in [6.07, 6.45) is 3.47. The van der Waals surface area contributed by atoms with Crippen LogP contribution in [0.1, 0.15) is 5.56 Å². The van der Waals surface area contributed by atoms with E-state index in [4.69, 9.17) is 5.11 Å². The first kappa shape index (κ1) is 13.0. The second-order valence-corrected chi connectivity index (χ2v) is 4.67. The molecule has 0 amide bonds. The van der Waals surface area contributed by atoms with Crippen LogP contribution >= 0.6 is 15.9 Å². The Morgan fingerprint density at radius 2 is 2.28 bits per heavy atom. The highest BCUT2D eigenvalue weighted by Gasteiger charge is 2.02. The first-order chi connectivity index (χ1) is 8.69. The molecular weight excluding hydrogens is 301 g/mol. The summed E-state index contributed by atoms with van der Waals surface area (Å²) in [5.41, 5.74) is 1.69. The summed E-state index contributed by atoms with van der Waals surface area (Å²) in [6.45, 7) is 1.04. The molecule has 1 aromatic carbocycles. The van der Waals surface area contributed by atoms with E-state index in [0.717, 1.165) is 11.3 Å². The Hall–Kier alpha value is -1.40. The quantitative estimate of drug-likeness (QED) is 0.891. The molecule has 96 valence electrons. The lowest BCUT2D eigenvalue weighted by Gasteiger charge is -2.04. The molecule has 0 unspecified atom stereocenters. The summed E-state index contributed by atoms with van der Waals surface area (Å²) in [7, 11) is 0. The van der Waals surface area contributed by atoms with E-state index >= 15 is 0 Å². The molecule has 2 aromatic rings. The van der Waals surface area contributed by atoms with Crippen LogP contribution in [0.15, 0.2) is 35.1 Å². The van der Waals surface area contributed by atoms with E-state index in [1.165, 1.54) is 6.07 Å². The van der Waals surface area contributed by atoms with Gasteiger partial charge in [-0.25, -0.2) is 4.39 Å². The van der Waals surface area contributed by atoms with Gasteiger partial charge in [0.2, 0.25) is 0 Å². The van der Waals surface area contributed by atoms with Crippen LogP contribution < -0.4 is 5.32 Å². The molecule has 1 heterocycles. The zero-order valence-corrected chi connectivity index (χ0v) is 11.2. The Balaban J connectivity index is 1.95. The Kier molecular flexibility index (Phi) is 4.33. The van der Waals surface area contributed by atoms with Gasteiger partial charge in [-0.3, -0.25) is 4.68 Å². The van der Waals surface area contributed by atoms with Crippen molar-refractivity contribution >= 4 is 21.6 Å². The predicted molar refractivity (Wildman–Crippen MR) is 70.7 cm³/mol. The molecule has 0 aliphatic rings. The van der Waals surface area contributed by atoms with E-state index in [0.29, 0.717) is 17.6 Å². The number of hydrogen-bond acceptors (Lipinski definition) is 3. The summed E-state index contributed by atoms with van der Waals surface area (Å²) in [4.78, 5) is 0. The van der Waals surface area contributed by atoms with Gasteiger partial charge in [0.05, 0.1) is 29.5 Å². The van der Waals surface area contributed by atoms with Crippen LogP contribution in [0.2, 0.25) is 0 Å². The molecule has 0 aliphatic heterocycles. The van der Waals surface area contributed by atoms with Gasteiger partial charge in [0.1, 0.15) is 5.82 Å². The van der Waals surface area contributed by atoms with Gasteiger partial charge in [0, 0.05) is 12.7 Å². The van der Waals surface area contributed by atoms with Crippen LogP contribution in [0.4, 0.5) is 10.1 Å². The fourth-order valence-electron chi connectivity index (χ4n) is 1.53. The van der Waals surface area contributed by atoms with E-state index in [9.17, 15) is 4.39 Å². The molecule has 0 saturated heterocycles. The molecule has 0 radical (unpaired) electrons. The fourth-order valence-corrected chi connectivity index (χ4v) is 1.78. The molecule has 1 aromatic heterocycles. The summed E-state index contributed by atoms with van der Waals surface area (Å²) < 4.78 is 15.4. The number of nitrogens with one attached hydrogen (secondary N) is 1. The van der Waals surface area contributed by atoms with Crippen molar-refractivity contribution in [3.05, 3.63) is 46.4 Å². The van der Waals surface area contributed by atoms with E-state index in [1.54, 1.807) is 23.1 Å². The average molecular weight is 314 g/mol. The predicted octanol–water partition coefficient (Wildman–Crippen LogP) is 2.39. The number of hydrogen-bond donors (Lipinski definition) is 2. The van der Waals surface area contributed by atoms with Gasteiger partial charge in [0.25, 0.3) is 0 Å². The third kappa shape index (κ3) is 3.30. The molecule has 0 fully saturated rings. The number of aliphatic hydroxyl groups excluding tert-OH is 1. The molecular formula is C12H13BrFN3O. The van der Waals surface area contributed by atoms with Crippen molar-refractivity contribution in [3.8, 4) is 0 Å². The molecule has 6 heteroatoms. The Labute approximate surface area is 113 Å². The maximum atomic E-state index is 13.3. The highest BCUT2D eigenvalue weighted by molar-refractivity contribution is 9.10. The summed E-state index contributed by atoms with van der Waals surface area (Å²) >= 11 is 3.11. The first-order valence-electron chi connectivity index (χ1n) is 5.50. The number of anilines is 1. The van der Waals surface area contributed by atoms with E-state index in [-0.39, 0.29) is 12.4 Å². The van der Waals surface area contributed by atoms with E-state index in [1.807, 2.05) is 6.07 Å². The summed E-state index contributed by atoms with van der Waals surface area (Å²) in [5, 5.41) is 16.0. The Morgan fingerprint density at radius 1 is 1.44 bits per heavy atom. The molecule has 0 atom stereocenters. The third-order valence-corrected chi connectivity index (χ3v) is 3.09. The van der Waals surface area contributed by atoms with Crippen LogP contribution in [-0.2, 0) is 13.1 Å². The van der Waals surface area contributed by atoms with Gasteiger partial charge >= 0.3 is 0 Å². The second-order valence-electron chi connectivity index (χ2n) is 3.82. The molecule has 4 nitrogen and oxygen atoms in total. The van der Waals surface area contributed by atoms with Gasteiger partial charge in [-0.15, -0.1) is 0 Å². The van der Waals surface area contributed by atoms with Crippen molar-refractivity contribution in [1.29, 1.82) is 0 Å². The van der Waals surface area contributed by atoms with Gasteiger partial charge < -0.3 is 10.4 Å². The zero-order chi connectivity index (χ0) is 13.0. The van der Waals surface area contributed by atoms with E-state index < -0.39 is 0 Å². The van der Waals surface area contributed by atoms with Crippen molar-refractivity contribution in [2.75, 3.05) is 11.9 Å². The first-order valence-corrected chi connectivity index (χ1v) is 6.29. The lowest BCUT2D eigenvalue weighted by molar-refractivity contribution is 0.269. The lowest BCUT2D eigenvalue weighted by Crippen LogP contribution is -2.02. The second kappa shape index (κ2) is 5.97. The number of aliphatic hydroxyl groups is 1. The van der Waals surface area contributed by atoms with Gasteiger partial charge in [-0.05, 0) is 33.6 Å². The minimum atomic E-state index is -0.273. The molecule has 0 saturated carbocycles. The molecule has 2 N–H and O–H groups in total. The molecule has 2 rings (SSSR count). The van der Waals surface area contributed by atoms with Crippen molar-refractivity contribution in [2.45, 2.75) is 13.1 Å². The Morgan fingerprint density at radius 3 is 3.00 bits per heavy atom. The highest BCUT2D eigenvalue weighted by Crippen LogP contribution is 2.17. The van der Waals surface area contributed by atoms with Crippen LogP contribution in [0.3, 0.4) is 0 Å². The van der Waals surface area contributed by atoms with Crippen molar-refractivity contribution < 1.29 is 9.50 Å². The maximum Gasteiger partial charge on any atom is 0.137 e. The molecule has 18 heavy (non-hydrogen) atoms. The third-order valence-electron chi connectivity index (χ3n) is 2.44. The maximum absolute atomic E-state index is 13.3. The van der Waals surface area contributed by atoms with Crippen molar-refractivity contribution in [1.82, 2.24) is 9.78 Å². The number of aromatic nitrogens is 2. The fraction of sp³-hybridized carbons (Fsp3) is 0.250. The van der Waals surface area contributed by atoms with Gasteiger partial charge in [-0.1, -0.05) is 6.07 Å². The number of nitrogens with zero attached hydrogens (tertiary/aromatic N) is 2. The molecule has 0 aliphatic carbocycles. The van der Waals surface area contributed by atoms with Crippen LogP contribution in [0, 0.1) is 5.82 Å². The normalized spacial score (nSPS) is 10.6. The SMILES string of the molecule is OCCn1cc(NCc2ccc(Br)c(F)c2)cn1. The van der Waals surface area contributed by atoms with Crippen LogP contribution in [0.25, 0.3) is 0 Å². The topological polar surface area (TPSA) is 50.1 Å². The standard InChI is InChI=1S/C12H13BrFN3O/c13-11-2-1-9(5-12(11)14)6-15-10-7-16-17(8-10)3-4-18/h1-2,5,7-8,15,18H,3-4,6H2. The molecule has 0 spiro atoms. The number of rotatable bonds is 5. The highest BCUT2D eigenvalue weighted by atomic mass is 79.9. The monoisotopic (exact) mass is 313 g/mol. The largest absolute Gasteiger partial charge is 0.394 e. The number of benzene rings is 1. The van der Waals surface area contributed by atoms with Gasteiger partial charge in [-0.2, -0.15) is 5.10 Å². The minimum Gasteiger partial charge on any atom is -0.394 e. The Bertz CT molecular complexity index is 530. The van der Waals surface area contributed by atoms with Crippen molar-refractivity contribution in [2.24, 2.45) is 0 Å². The summed E-state index contributed by atoms with van der Waals surface area (Å²) in [5.74, 6) is -0.273. The van der Waals surface area contributed by atoms with E-state index in [2.05, 4.69) is 26.3 Å². The van der Waals surface area contributed by atoms with Crippen molar-refractivity contribution in [3.63, 3.8) is 0 Å². The lowest BCUT2D eigenvalue weighted by atomic mass is 10.2. The summed E-state index contributed by atoms with van der Waals surface area (Å²) in [6, 6.07) is 5.01. The van der Waals surface area contributed by atoms with Crippen LogP contribution in [0.5, 0.6) is 0 Å². The number of halogens is 2. The van der Waals surface area contributed by atoms with Crippen LogP contribution in [-0.4, -0.2) is 21.5 Å². The minimum absolute atomic E-state index is 0.0546.